The smallest absolute Gasteiger partial charge is 0.0398 e. The van der Waals surface area contributed by atoms with E-state index in [1.807, 2.05) is 17.8 Å². The van der Waals surface area contributed by atoms with E-state index in [0.717, 1.165) is 23.9 Å². The van der Waals surface area contributed by atoms with Crippen molar-refractivity contribution < 1.29 is 0 Å². The summed E-state index contributed by atoms with van der Waals surface area (Å²) in [7, 11) is 0. The average molecular weight is 284 g/mol. The van der Waals surface area contributed by atoms with Crippen LogP contribution >= 0.6 is 27.7 Å². The monoisotopic (exact) mass is 283 g/mol. The Labute approximate surface area is 103 Å². The van der Waals surface area contributed by atoms with Gasteiger partial charge in [0, 0.05) is 20.7 Å². The van der Waals surface area contributed by atoms with E-state index >= 15 is 0 Å². The summed E-state index contributed by atoms with van der Waals surface area (Å²) >= 11 is 5.47. The molecule has 0 radical (unpaired) electrons. The second kappa shape index (κ2) is 4.73. The van der Waals surface area contributed by atoms with Crippen molar-refractivity contribution in [3.8, 4) is 0 Å². The average Bonchev–Trinajstić information content (AvgIpc) is 2.71. The quantitative estimate of drug-likeness (QED) is 0.858. The fraction of sp³-hybridized carbons (Fsp3) is 0.333. The highest BCUT2D eigenvalue weighted by molar-refractivity contribution is 9.10. The first-order valence-electron chi connectivity index (χ1n) is 5.04. The minimum atomic E-state index is 0.184. The minimum Gasteiger partial charge on any atom is -0.329 e. The third-order valence-electron chi connectivity index (χ3n) is 2.68. The van der Waals surface area contributed by atoms with Gasteiger partial charge >= 0.3 is 0 Å². The van der Waals surface area contributed by atoms with Gasteiger partial charge in [-0.05, 0) is 40.9 Å². The van der Waals surface area contributed by atoms with Crippen LogP contribution in [0.1, 0.15) is 12.8 Å². The molecule has 0 saturated carbocycles. The third-order valence-corrected chi connectivity index (χ3v) is 5.14. The van der Waals surface area contributed by atoms with Crippen LogP contribution in [0.4, 0.5) is 0 Å². The van der Waals surface area contributed by atoms with Gasteiger partial charge in [0.2, 0.25) is 0 Å². The van der Waals surface area contributed by atoms with Crippen molar-refractivity contribution in [1.82, 2.24) is 0 Å². The summed E-state index contributed by atoms with van der Waals surface area (Å²) in [6, 6.07) is 8.33. The lowest BCUT2D eigenvalue weighted by molar-refractivity contribution is 0.641. The van der Waals surface area contributed by atoms with Crippen molar-refractivity contribution in [2.75, 3.05) is 6.54 Å². The lowest BCUT2D eigenvalue weighted by atomic mass is 10.1. The molecule has 0 heterocycles. The highest BCUT2D eigenvalue weighted by atomic mass is 79.9. The van der Waals surface area contributed by atoms with E-state index in [1.165, 1.54) is 4.90 Å². The summed E-state index contributed by atoms with van der Waals surface area (Å²) in [5, 5.41) is 0. The molecule has 0 amide bonds. The topological polar surface area (TPSA) is 26.0 Å². The van der Waals surface area contributed by atoms with Gasteiger partial charge in [-0.3, -0.25) is 0 Å². The Hall–Kier alpha value is -0.250. The molecule has 0 saturated heterocycles. The molecular weight excluding hydrogens is 270 g/mol. The maximum Gasteiger partial charge on any atom is 0.0398 e. The summed E-state index contributed by atoms with van der Waals surface area (Å²) in [5.41, 5.74) is 5.89. The van der Waals surface area contributed by atoms with E-state index in [1.54, 1.807) is 0 Å². The van der Waals surface area contributed by atoms with Crippen molar-refractivity contribution >= 4 is 27.7 Å². The van der Waals surface area contributed by atoms with Gasteiger partial charge in [-0.1, -0.05) is 24.3 Å². The molecule has 0 unspecified atom stereocenters. The van der Waals surface area contributed by atoms with E-state index in [2.05, 4.69) is 46.3 Å². The van der Waals surface area contributed by atoms with Gasteiger partial charge in [0.25, 0.3) is 0 Å². The lowest BCUT2D eigenvalue weighted by Gasteiger charge is -2.26. The number of halogens is 1. The second-order valence-electron chi connectivity index (χ2n) is 3.80. The van der Waals surface area contributed by atoms with Gasteiger partial charge in [-0.15, -0.1) is 11.8 Å². The first-order valence-corrected chi connectivity index (χ1v) is 6.65. The summed E-state index contributed by atoms with van der Waals surface area (Å²) < 4.78 is 1.35. The molecule has 0 aliphatic heterocycles. The molecule has 0 fully saturated rings. The zero-order chi connectivity index (χ0) is 10.7. The van der Waals surface area contributed by atoms with Crippen LogP contribution in [0.3, 0.4) is 0 Å². The van der Waals surface area contributed by atoms with Crippen LogP contribution in [-0.4, -0.2) is 11.3 Å². The van der Waals surface area contributed by atoms with Crippen LogP contribution in [0.25, 0.3) is 0 Å². The molecule has 2 rings (SSSR count). The fourth-order valence-electron chi connectivity index (χ4n) is 1.73. The van der Waals surface area contributed by atoms with Crippen LogP contribution in [0, 0.1) is 0 Å². The Morgan fingerprint density at radius 2 is 1.93 bits per heavy atom. The number of rotatable bonds is 3. The first kappa shape index (κ1) is 11.2. The number of thioether (sulfide) groups is 1. The lowest BCUT2D eigenvalue weighted by Crippen LogP contribution is -2.31. The Morgan fingerprint density at radius 3 is 2.53 bits per heavy atom. The van der Waals surface area contributed by atoms with E-state index < -0.39 is 0 Å². The molecule has 1 aliphatic rings. The third kappa shape index (κ3) is 2.47. The zero-order valence-electron chi connectivity index (χ0n) is 8.45. The molecule has 1 aromatic rings. The molecule has 0 atom stereocenters. The highest BCUT2D eigenvalue weighted by Crippen LogP contribution is 2.43. The molecule has 1 aliphatic carbocycles. The van der Waals surface area contributed by atoms with Gasteiger partial charge in [-0.25, -0.2) is 0 Å². The summed E-state index contributed by atoms with van der Waals surface area (Å²) in [6.07, 6.45) is 6.62. The van der Waals surface area contributed by atoms with Gasteiger partial charge < -0.3 is 5.73 Å². The van der Waals surface area contributed by atoms with E-state index in [0.29, 0.717) is 0 Å². The molecule has 1 nitrogen and oxygen atoms in total. The Kier molecular flexibility index (Phi) is 3.54. The van der Waals surface area contributed by atoms with Crippen molar-refractivity contribution in [3.05, 3.63) is 40.9 Å². The van der Waals surface area contributed by atoms with Crippen molar-refractivity contribution in [1.29, 1.82) is 0 Å². The van der Waals surface area contributed by atoms with E-state index in [-0.39, 0.29) is 4.75 Å². The molecule has 0 bridgehead atoms. The molecule has 0 spiro atoms. The molecule has 2 N–H and O–H groups in total. The molecule has 3 heteroatoms. The van der Waals surface area contributed by atoms with Crippen LogP contribution in [0.2, 0.25) is 0 Å². The van der Waals surface area contributed by atoms with Crippen LogP contribution < -0.4 is 5.73 Å². The van der Waals surface area contributed by atoms with Crippen molar-refractivity contribution in [2.45, 2.75) is 22.5 Å². The Balaban J connectivity index is 2.17. The number of benzene rings is 1. The predicted octanol–water partition coefficient (Wildman–Crippen LogP) is 3.59. The van der Waals surface area contributed by atoms with Crippen LogP contribution in [0.5, 0.6) is 0 Å². The van der Waals surface area contributed by atoms with Gasteiger partial charge in [0.1, 0.15) is 0 Å². The Morgan fingerprint density at radius 1 is 1.27 bits per heavy atom. The fourth-order valence-corrected chi connectivity index (χ4v) is 3.48. The van der Waals surface area contributed by atoms with Gasteiger partial charge in [-0.2, -0.15) is 0 Å². The molecule has 15 heavy (non-hydrogen) atoms. The van der Waals surface area contributed by atoms with Gasteiger partial charge in [0.05, 0.1) is 0 Å². The van der Waals surface area contributed by atoms with Crippen LogP contribution in [0.15, 0.2) is 45.8 Å². The molecular formula is C12H14BrNS. The summed E-state index contributed by atoms with van der Waals surface area (Å²) in [4.78, 5) is 1.28. The number of allylic oxidation sites excluding steroid dienone is 2. The highest BCUT2D eigenvalue weighted by Gasteiger charge is 2.31. The normalized spacial score (nSPS) is 18.3. The van der Waals surface area contributed by atoms with Crippen LogP contribution in [-0.2, 0) is 0 Å². The number of nitrogens with two attached hydrogens (primary N) is 1. The molecule has 80 valence electrons. The second-order valence-corrected chi connectivity index (χ2v) is 6.16. The summed E-state index contributed by atoms with van der Waals surface area (Å²) in [5.74, 6) is 0. The van der Waals surface area contributed by atoms with E-state index in [4.69, 9.17) is 5.73 Å². The number of hydrogen-bond acceptors (Lipinski definition) is 2. The molecule has 0 aromatic heterocycles. The largest absolute Gasteiger partial charge is 0.329 e. The summed E-state index contributed by atoms with van der Waals surface area (Å²) in [6.45, 7) is 0.728. The van der Waals surface area contributed by atoms with Crippen molar-refractivity contribution in [2.24, 2.45) is 5.73 Å². The maximum atomic E-state index is 5.89. The SMILES string of the molecule is NCC1(Sc2ccccc2Br)CC=CC1. The minimum absolute atomic E-state index is 0.184. The predicted molar refractivity (Wildman–Crippen MR) is 70.2 cm³/mol. The molecule has 1 aromatic carbocycles. The van der Waals surface area contributed by atoms with E-state index in [9.17, 15) is 0 Å². The first-order chi connectivity index (χ1) is 7.26. The zero-order valence-corrected chi connectivity index (χ0v) is 10.9. The number of hydrogen-bond donors (Lipinski definition) is 1. The van der Waals surface area contributed by atoms with Crippen molar-refractivity contribution in [3.63, 3.8) is 0 Å². The maximum absolute atomic E-state index is 5.89. The Bertz CT molecular complexity index is 368. The van der Waals surface area contributed by atoms with Gasteiger partial charge in [0.15, 0.2) is 0 Å². The standard InChI is InChI=1S/C12H14BrNS/c13-10-5-1-2-6-11(10)15-12(9-14)7-3-4-8-12/h1-6H,7-9,14H2.